The third-order valence-corrected chi connectivity index (χ3v) is 14.3. The van der Waals surface area contributed by atoms with Gasteiger partial charge in [0.15, 0.2) is 9.34 Å². The Labute approximate surface area is 305 Å². The molecule has 1 heterocycles. The molecule has 1 aromatic carbocycles. The minimum Gasteiger partial charge on any atom is -0.379 e. The molecule has 1 aromatic heterocycles. The molecule has 2 unspecified atom stereocenters. The number of anilines is 2. The molecule has 0 bridgehead atoms. The van der Waals surface area contributed by atoms with Gasteiger partial charge in [0.05, 0.1) is 51.8 Å². The number of alkyl halides is 6. The second kappa shape index (κ2) is 14.6. The van der Waals surface area contributed by atoms with E-state index in [1.165, 1.54) is 32.6 Å². The average molecular weight is 799 g/mol. The summed E-state index contributed by atoms with van der Waals surface area (Å²) in [6.07, 6.45) is -6.44. The number of nitrogens with zero attached hydrogens (tertiary/aromatic N) is 1. The highest BCUT2D eigenvalue weighted by molar-refractivity contribution is 7.94. The molecule has 0 saturated heterocycles. The number of halogens is 6. The zero-order chi connectivity index (χ0) is 38.5. The van der Waals surface area contributed by atoms with E-state index >= 15 is 0 Å². The fourth-order valence-corrected chi connectivity index (χ4v) is 11.6. The number of rotatable bonds is 19. The maximum Gasteiger partial charge on any atom is 0.430 e. The Morgan fingerprint density at radius 3 is 2.00 bits per heavy atom. The van der Waals surface area contributed by atoms with Crippen molar-refractivity contribution in [3.63, 3.8) is 0 Å². The number of amides is 2. The first kappa shape index (κ1) is 39.6. The second-order valence-electron chi connectivity index (χ2n) is 14.1. The van der Waals surface area contributed by atoms with Crippen LogP contribution in [0.5, 0.6) is 0 Å². The third kappa shape index (κ3) is 7.14. The van der Waals surface area contributed by atoms with Gasteiger partial charge >= 0.3 is 12.4 Å². The van der Waals surface area contributed by atoms with Crippen molar-refractivity contribution in [1.29, 1.82) is 0 Å². The van der Waals surface area contributed by atoms with E-state index in [-0.39, 0.29) is 58.3 Å². The maximum atomic E-state index is 13.1. The van der Waals surface area contributed by atoms with E-state index in [0.29, 0.717) is 73.8 Å². The van der Waals surface area contributed by atoms with Crippen LogP contribution in [0.1, 0.15) is 49.8 Å². The molecule has 2 aromatic rings. The number of benzene rings is 1. The van der Waals surface area contributed by atoms with Gasteiger partial charge in [-0.1, -0.05) is 23.5 Å². The Hall–Kier alpha value is -3.04. The van der Waals surface area contributed by atoms with Crippen LogP contribution in [0.3, 0.4) is 0 Å². The van der Waals surface area contributed by atoms with Gasteiger partial charge in [0.2, 0.25) is 11.8 Å². The highest BCUT2D eigenvalue weighted by Gasteiger charge is 2.87. The molecule has 2 amide bonds. The first-order valence-electron chi connectivity index (χ1n) is 17.1. The molecule has 4 fully saturated rings. The van der Waals surface area contributed by atoms with Gasteiger partial charge in [-0.2, -0.15) is 26.3 Å². The predicted molar refractivity (Wildman–Crippen MR) is 177 cm³/mol. The molecule has 1 spiro atoms. The van der Waals surface area contributed by atoms with Gasteiger partial charge in [-0.3, -0.25) is 14.3 Å². The lowest BCUT2D eigenvalue weighted by Crippen LogP contribution is -2.85. The molecule has 4 saturated carbocycles. The summed E-state index contributed by atoms with van der Waals surface area (Å²) in [6.45, 7) is 3.31. The Bertz CT molecular complexity index is 1750. The van der Waals surface area contributed by atoms with Crippen molar-refractivity contribution in [2.75, 3.05) is 56.2 Å². The fraction of sp³-hybridized carbons (Fsp3) is 0.667. The van der Waals surface area contributed by atoms with Crippen LogP contribution in [-0.4, -0.2) is 88.9 Å². The number of sulfonamides is 1. The maximum absolute atomic E-state index is 13.1. The smallest absolute Gasteiger partial charge is 0.379 e. The molecule has 4 aliphatic rings. The number of carbonyl (C=O) groups excluding carboxylic acids is 2. The summed E-state index contributed by atoms with van der Waals surface area (Å²) in [5, 5.41) is 14.9. The van der Waals surface area contributed by atoms with E-state index in [1.54, 1.807) is 0 Å². The Kier molecular flexibility index (Phi) is 10.9. The Balaban J connectivity index is 0.817. The number of nitrogens with one attached hydrogen (secondary N) is 3. The van der Waals surface area contributed by atoms with Crippen molar-refractivity contribution < 1.29 is 63.7 Å². The highest BCUT2D eigenvalue weighted by atomic mass is 32.2. The number of carbonyl (C=O) groups is 2. The van der Waals surface area contributed by atoms with Crippen molar-refractivity contribution in [3.05, 3.63) is 35.5 Å². The van der Waals surface area contributed by atoms with Gasteiger partial charge in [0.1, 0.15) is 0 Å². The number of hydrogen-bond donors (Lipinski definition) is 4. The number of aromatic nitrogens is 1. The zero-order valence-corrected chi connectivity index (χ0v) is 30.2. The van der Waals surface area contributed by atoms with Gasteiger partial charge in [-0.25, -0.2) is 13.4 Å². The topological polar surface area (TPSA) is 165 Å². The molecule has 0 radical (unpaired) electrons. The molecule has 53 heavy (non-hydrogen) atoms. The molecular weight excluding hydrogens is 759 g/mol. The molecule has 0 aliphatic heterocycles. The van der Waals surface area contributed by atoms with Gasteiger partial charge in [-0.05, 0) is 73.3 Å². The van der Waals surface area contributed by atoms with Crippen molar-refractivity contribution in [2.24, 2.45) is 28.6 Å². The quantitative estimate of drug-likeness (QED) is 0.115. The molecular formula is C33H40F6N4O8S2. The summed E-state index contributed by atoms with van der Waals surface area (Å²) in [6, 6.07) is 1.89. The third-order valence-electron chi connectivity index (χ3n) is 11.3. The first-order valence-corrected chi connectivity index (χ1v) is 19.4. The number of hydrogen-bond acceptors (Lipinski definition) is 10. The summed E-state index contributed by atoms with van der Waals surface area (Å²) in [5.41, 5.74) is -6.31. The highest BCUT2D eigenvalue weighted by Crippen LogP contribution is 2.93. The normalized spacial score (nSPS) is 25.8. The van der Waals surface area contributed by atoms with Crippen LogP contribution in [0.15, 0.2) is 28.5 Å². The van der Waals surface area contributed by atoms with Crippen molar-refractivity contribution >= 4 is 44.0 Å². The monoisotopic (exact) mass is 798 g/mol. The van der Waals surface area contributed by atoms with Gasteiger partial charge < -0.3 is 30.0 Å². The number of aryl methyl sites for hydroxylation is 1. The molecule has 294 valence electrons. The summed E-state index contributed by atoms with van der Waals surface area (Å²) in [4.78, 5) is 28.8. The molecule has 20 heteroatoms. The van der Waals surface area contributed by atoms with E-state index < -0.39 is 39.4 Å². The minimum atomic E-state index is -6.10. The molecule has 6 rings (SSSR count). The number of aliphatic hydroxyl groups is 1. The molecule has 2 atom stereocenters. The summed E-state index contributed by atoms with van der Waals surface area (Å²) < 4.78 is 123. The molecule has 4 N–H and O–H groups in total. The second-order valence-corrected chi connectivity index (χ2v) is 17.0. The molecule has 4 aliphatic carbocycles. The van der Waals surface area contributed by atoms with Crippen LogP contribution in [0.4, 0.5) is 37.2 Å². The van der Waals surface area contributed by atoms with E-state index in [0.717, 1.165) is 17.8 Å². The van der Waals surface area contributed by atoms with Gasteiger partial charge in [-0.15, -0.1) is 0 Å². The van der Waals surface area contributed by atoms with E-state index in [4.69, 9.17) is 14.2 Å². The molecule has 12 nitrogen and oxygen atoms in total. The summed E-state index contributed by atoms with van der Waals surface area (Å²) in [5.74, 6) is 2.23. The lowest BCUT2D eigenvalue weighted by Gasteiger charge is -2.91. The first-order chi connectivity index (χ1) is 24.8. The van der Waals surface area contributed by atoms with Crippen molar-refractivity contribution in [2.45, 2.75) is 67.6 Å². The van der Waals surface area contributed by atoms with Crippen LogP contribution >= 0.6 is 11.3 Å². The minimum absolute atomic E-state index is 0.0284. The van der Waals surface area contributed by atoms with Crippen molar-refractivity contribution in [1.82, 2.24) is 10.3 Å². The van der Waals surface area contributed by atoms with Crippen LogP contribution in [-0.2, 0) is 39.4 Å². The van der Waals surface area contributed by atoms with E-state index in [1.807, 2.05) is 4.72 Å². The Morgan fingerprint density at radius 1 is 0.887 bits per heavy atom. The van der Waals surface area contributed by atoms with E-state index in [9.17, 15) is 49.5 Å². The number of ether oxygens (including phenoxy) is 3. The standard InChI is InChI=1S/C33H40F6N4O8S2/c1-19-27(53(47,48)43-24-4-2-20(3-5-24)31(46,32(34,35)36)33(37,38)39)52-28(41-19)42-25(44)6-8-49-10-12-51-13-11-50-9-7-40-26(45)18-29-16-22-14-21-15-23(17-29)30(21,22)29/h2-5,21-23,43,46H,6-18H2,1H3,(H,40,45)(H,41,42,44). The predicted octanol–water partition coefficient (Wildman–Crippen LogP) is 4.89. The van der Waals surface area contributed by atoms with E-state index in [2.05, 4.69) is 15.6 Å². The van der Waals surface area contributed by atoms with Gasteiger partial charge in [0, 0.05) is 24.2 Å². The average Bonchev–Trinajstić information content (AvgIpc) is 3.40. The Morgan fingerprint density at radius 2 is 1.45 bits per heavy atom. The van der Waals surface area contributed by atoms with Crippen LogP contribution in [0.2, 0.25) is 0 Å². The lowest BCUT2D eigenvalue weighted by molar-refractivity contribution is -0.430. The summed E-state index contributed by atoms with van der Waals surface area (Å²) in [7, 11) is -4.43. The lowest BCUT2D eigenvalue weighted by atomic mass is 9.13. The van der Waals surface area contributed by atoms with Crippen LogP contribution in [0.25, 0.3) is 0 Å². The van der Waals surface area contributed by atoms with Crippen LogP contribution < -0.4 is 15.4 Å². The van der Waals surface area contributed by atoms with Crippen molar-refractivity contribution in [3.8, 4) is 0 Å². The largest absolute Gasteiger partial charge is 0.430 e. The summed E-state index contributed by atoms with van der Waals surface area (Å²) >= 11 is 0.576. The zero-order valence-electron chi connectivity index (χ0n) is 28.6. The SMILES string of the molecule is Cc1nc(NC(=O)CCOCCOCCOCCNC(=O)CC23CC4CC5CC(C2)C543)sc1S(=O)(=O)Nc1ccc(C(O)(C(F)(F)F)C(F)(F)F)cc1. The van der Waals surface area contributed by atoms with Crippen LogP contribution in [0, 0.1) is 35.5 Å². The number of thiazole rings is 1. The van der Waals surface area contributed by atoms with Gasteiger partial charge in [0.25, 0.3) is 15.6 Å². The fourth-order valence-electron chi connectivity index (χ4n) is 9.14.